The number of nitrogens with zero attached hydrogens (tertiary/aromatic N) is 1. The van der Waals surface area contributed by atoms with Gasteiger partial charge in [-0.2, -0.15) is 0 Å². The van der Waals surface area contributed by atoms with E-state index in [1.165, 1.54) is 7.11 Å². The predicted molar refractivity (Wildman–Crippen MR) is 138 cm³/mol. The van der Waals surface area contributed by atoms with Crippen molar-refractivity contribution in [2.75, 3.05) is 27.4 Å². The molecule has 0 unspecified atom stereocenters. The zero-order chi connectivity index (χ0) is 25.5. The molecule has 0 aliphatic carbocycles. The summed E-state index contributed by atoms with van der Waals surface area (Å²) in [5.74, 6) is 0.852. The van der Waals surface area contributed by atoms with E-state index in [0.29, 0.717) is 43.2 Å². The van der Waals surface area contributed by atoms with Gasteiger partial charge in [-0.05, 0) is 48.2 Å². The molecule has 7 heteroatoms. The van der Waals surface area contributed by atoms with E-state index in [-0.39, 0.29) is 17.9 Å². The molecule has 1 fully saturated rings. The van der Waals surface area contributed by atoms with Gasteiger partial charge in [0.15, 0.2) is 11.5 Å². The summed E-state index contributed by atoms with van der Waals surface area (Å²) in [6.45, 7) is 3.47. The van der Waals surface area contributed by atoms with Gasteiger partial charge in [0.25, 0.3) is 5.91 Å². The Morgan fingerprint density at radius 2 is 1.72 bits per heavy atom. The molecule has 1 saturated heterocycles. The lowest BCUT2D eigenvalue weighted by molar-refractivity contribution is -0.146. The first-order chi connectivity index (χ1) is 17.5. The van der Waals surface area contributed by atoms with Crippen molar-refractivity contribution in [1.29, 1.82) is 0 Å². The van der Waals surface area contributed by atoms with Crippen LogP contribution in [0.3, 0.4) is 0 Å². The van der Waals surface area contributed by atoms with Crippen LogP contribution in [0.5, 0.6) is 11.5 Å². The van der Waals surface area contributed by atoms with Crippen LogP contribution in [0.2, 0.25) is 0 Å². The molecule has 1 amide bonds. The third kappa shape index (κ3) is 5.69. The maximum atomic E-state index is 13.3. The van der Waals surface area contributed by atoms with Crippen molar-refractivity contribution in [2.45, 2.75) is 32.0 Å². The van der Waals surface area contributed by atoms with Gasteiger partial charge in [0.05, 0.1) is 20.8 Å². The molecule has 0 saturated carbocycles. The third-order valence-electron chi connectivity index (χ3n) is 6.38. The maximum Gasteiger partial charge on any atom is 0.323 e. The number of hydrogen-bond donors (Lipinski definition) is 1. The van der Waals surface area contributed by atoms with Gasteiger partial charge in [0.1, 0.15) is 6.04 Å². The summed E-state index contributed by atoms with van der Waals surface area (Å²) in [7, 11) is 3.00. The first kappa shape index (κ1) is 25.3. The van der Waals surface area contributed by atoms with E-state index in [0.717, 1.165) is 16.7 Å². The van der Waals surface area contributed by atoms with Crippen LogP contribution in [0.25, 0.3) is 11.1 Å². The average Bonchev–Trinajstić information content (AvgIpc) is 3.30. The van der Waals surface area contributed by atoms with Gasteiger partial charge < -0.3 is 19.5 Å². The van der Waals surface area contributed by atoms with Crippen molar-refractivity contribution in [3.63, 3.8) is 0 Å². The minimum atomic E-state index is -0.456. The van der Waals surface area contributed by atoms with Crippen molar-refractivity contribution in [2.24, 2.45) is 0 Å². The summed E-state index contributed by atoms with van der Waals surface area (Å²) < 4.78 is 16.2. The molecule has 188 valence electrons. The number of esters is 1. The van der Waals surface area contributed by atoms with Crippen LogP contribution < -0.4 is 14.8 Å². The number of rotatable bonds is 9. The number of methoxy groups -OCH3 is 2. The Kier molecular flexibility index (Phi) is 8.23. The third-order valence-corrected chi connectivity index (χ3v) is 6.38. The van der Waals surface area contributed by atoms with E-state index < -0.39 is 6.04 Å². The number of carbonyl (C=O) groups is 2. The van der Waals surface area contributed by atoms with E-state index in [4.69, 9.17) is 14.2 Å². The molecule has 3 aromatic carbocycles. The zero-order valence-electron chi connectivity index (χ0n) is 20.9. The monoisotopic (exact) mass is 488 g/mol. The second-order valence-corrected chi connectivity index (χ2v) is 8.70. The molecule has 1 N–H and O–H groups in total. The molecule has 7 nitrogen and oxygen atoms in total. The number of hydrogen-bond acceptors (Lipinski definition) is 6. The molecule has 0 aromatic heterocycles. The number of carbonyl (C=O) groups excluding carboxylic acids is 2. The number of likely N-dealkylation sites (tertiary alicyclic amines) is 1. The van der Waals surface area contributed by atoms with E-state index in [9.17, 15) is 9.59 Å². The van der Waals surface area contributed by atoms with Crippen LogP contribution in [0.4, 0.5) is 0 Å². The molecular weight excluding hydrogens is 456 g/mol. The van der Waals surface area contributed by atoms with Crippen LogP contribution in [0, 0.1) is 0 Å². The number of benzene rings is 3. The van der Waals surface area contributed by atoms with Crippen LogP contribution in [-0.4, -0.2) is 56.2 Å². The number of amides is 1. The largest absolute Gasteiger partial charge is 0.493 e. The number of ether oxygens (including phenoxy) is 3. The first-order valence-corrected chi connectivity index (χ1v) is 12.1. The molecule has 4 rings (SSSR count). The molecule has 2 atom stereocenters. The molecule has 1 aliphatic rings. The van der Waals surface area contributed by atoms with Crippen LogP contribution >= 0.6 is 0 Å². The average molecular weight is 489 g/mol. The lowest BCUT2D eigenvalue weighted by Gasteiger charge is -2.22. The van der Waals surface area contributed by atoms with Gasteiger partial charge >= 0.3 is 5.97 Å². The Bertz CT molecular complexity index is 1200. The highest BCUT2D eigenvalue weighted by Crippen LogP contribution is 2.30. The van der Waals surface area contributed by atoms with E-state index in [1.54, 1.807) is 7.11 Å². The van der Waals surface area contributed by atoms with Crippen molar-refractivity contribution in [1.82, 2.24) is 10.2 Å². The second-order valence-electron chi connectivity index (χ2n) is 8.70. The summed E-state index contributed by atoms with van der Waals surface area (Å²) in [4.78, 5) is 28.0. The minimum Gasteiger partial charge on any atom is -0.493 e. The predicted octanol–water partition coefficient (Wildman–Crippen LogP) is 4.31. The van der Waals surface area contributed by atoms with Gasteiger partial charge in [0.2, 0.25) is 0 Å². The minimum absolute atomic E-state index is 0.159. The summed E-state index contributed by atoms with van der Waals surface area (Å²) >= 11 is 0. The van der Waals surface area contributed by atoms with E-state index in [1.807, 2.05) is 84.6 Å². The SMILES string of the molecule is CCOc1cc(CN2C[C@H](NC(=O)c3ccccc3-c3ccccc3)C[C@H]2C(=O)OC)ccc1OC. The highest BCUT2D eigenvalue weighted by Gasteiger charge is 2.38. The van der Waals surface area contributed by atoms with Crippen molar-refractivity contribution < 1.29 is 23.8 Å². The fraction of sp³-hybridized carbons (Fsp3) is 0.310. The van der Waals surface area contributed by atoms with Crippen LogP contribution in [-0.2, 0) is 16.1 Å². The van der Waals surface area contributed by atoms with E-state index >= 15 is 0 Å². The maximum absolute atomic E-state index is 13.3. The topological polar surface area (TPSA) is 77.1 Å². The standard InChI is InChI=1S/C29H32N2O5/c1-4-36-27-16-20(14-15-26(27)34-2)18-31-19-22(17-25(31)29(33)35-3)30-28(32)24-13-9-8-12-23(24)21-10-6-5-7-11-21/h5-16,22,25H,4,17-19H2,1-3H3,(H,30,32)/t22-,25+/m1/s1. The molecule has 0 spiro atoms. The molecule has 1 aliphatic heterocycles. The van der Waals surface area contributed by atoms with Gasteiger partial charge in [-0.25, -0.2) is 0 Å². The Balaban J connectivity index is 1.51. The molecule has 1 heterocycles. The fourth-order valence-electron chi connectivity index (χ4n) is 4.70. The summed E-state index contributed by atoms with van der Waals surface area (Å²) in [5.41, 5.74) is 3.44. The summed E-state index contributed by atoms with van der Waals surface area (Å²) in [5, 5.41) is 3.15. The smallest absolute Gasteiger partial charge is 0.323 e. The van der Waals surface area contributed by atoms with Crippen molar-refractivity contribution in [3.05, 3.63) is 83.9 Å². The highest BCUT2D eigenvalue weighted by molar-refractivity contribution is 6.01. The Morgan fingerprint density at radius 3 is 2.44 bits per heavy atom. The van der Waals surface area contributed by atoms with Crippen molar-refractivity contribution in [3.8, 4) is 22.6 Å². The van der Waals surface area contributed by atoms with Gasteiger partial charge in [0, 0.05) is 24.7 Å². The molecular formula is C29H32N2O5. The van der Waals surface area contributed by atoms with Crippen molar-refractivity contribution >= 4 is 11.9 Å². The van der Waals surface area contributed by atoms with Gasteiger partial charge in [-0.1, -0.05) is 54.6 Å². The second kappa shape index (κ2) is 11.7. The molecule has 0 bridgehead atoms. The quantitative estimate of drug-likeness (QED) is 0.453. The molecule has 3 aromatic rings. The molecule has 36 heavy (non-hydrogen) atoms. The normalized spacial score (nSPS) is 17.4. The van der Waals surface area contributed by atoms with Gasteiger partial charge in [-0.15, -0.1) is 0 Å². The summed E-state index contributed by atoms with van der Waals surface area (Å²) in [6.07, 6.45) is 0.473. The van der Waals surface area contributed by atoms with Crippen LogP contribution in [0.15, 0.2) is 72.8 Å². The number of nitrogens with one attached hydrogen (secondary N) is 1. The lowest BCUT2D eigenvalue weighted by atomic mass is 9.99. The Hall–Kier alpha value is -3.84. The first-order valence-electron chi connectivity index (χ1n) is 12.1. The van der Waals surface area contributed by atoms with E-state index in [2.05, 4.69) is 5.32 Å². The Labute approximate surface area is 212 Å². The highest BCUT2D eigenvalue weighted by atomic mass is 16.5. The zero-order valence-corrected chi connectivity index (χ0v) is 20.9. The summed E-state index contributed by atoms with van der Waals surface area (Å²) in [6, 6.07) is 22.5. The van der Waals surface area contributed by atoms with Crippen LogP contribution in [0.1, 0.15) is 29.3 Å². The van der Waals surface area contributed by atoms with Gasteiger partial charge in [-0.3, -0.25) is 14.5 Å². The lowest BCUT2D eigenvalue weighted by Crippen LogP contribution is -2.37. The fourth-order valence-corrected chi connectivity index (χ4v) is 4.70. The molecule has 0 radical (unpaired) electrons. The Morgan fingerprint density at radius 1 is 0.972 bits per heavy atom.